The maximum atomic E-state index is 2.43. The van der Waals surface area contributed by atoms with Crippen LogP contribution in [-0.4, -0.2) is 9.13 Å². The van der Waals surface area contributed by atoms with E-state index in [0.29, 0.717) is 0 Å². The van der Waals surface area contributed by atoms with Crippen molar-refractivity contribution in [3.8, 4) is 33.6 Å². The second-order valence-corrected chi connectivity index (χ2v) is 17.8. The summed E-state index contributed by atoms with van der Waals surface area (Å²) in [6, 6.07) is 82.7. The smallest absolute Gasteiger partial charge is 0.0547 e. The minimum Gasteiger partial charge on any atom is -0.310 e. The van der Waals surface area contributed by atoms with Crippen LogP contribution in [-0.2, 0) is 5.41 Å². The van der Waals surface area contributed by atoms with E-state index in [-0.39, 0.29) is 5.41 Å². The monoisotopic (exact) mass is 817 g/mol. The zero-order valence-electron chi connectivity index (χ0n) is 35.7. The summed E-state index contributed by atoms with van der Waals surface area (Å²) in [5.41, 5.74) is 18.1. The normalized spacial score (nSPS) is 13.0. The molecule has 302 valence electrons. The molecule has 0 N–H and O–H groups in total. The molecule has 2 heterocycles. The Labute approximate surface area is 372 Å². The van der Waals surface area contributed by atoms with Crippen LogP contribution in [0.4, 0.5) is 17.1 Å². The summed E-state index contributed by atoms with van der Waals surface area (Å²) in [7, 11) is 0. The highest BCUT2D eigenvalue weighted by Gasteiger charge is 2.36. The zero-order chi connectivity index (χ0) is 42.5. The fourth-order valence-electron chi connectivity index (χ4n) is 10.9. The summed E-state index contributed by atoms with van der Waals surface area (Å²) >= 11 is 0. The fraction of sp³-hybridized carbons (Fsp3) is 0.0492. The highest BCUT2D eigenvalue weighted by molar-refractivity contribution is 6.22. The van der Waals surface area contributed by atoms with E-state index in [2.05, 4.69) is 252 Å². The predicted octanol–water partition coefficient (Wildman–Crippen LogP) is 16.5. The Bertz CT molecular complexity index is 3800. The number of para-hydroxylation sites is 3. The first kappa shape index (κ1) is 36.5. The first-order valence-electron chi connectivity index (χ1n) is 22.3. The first-order valence-corrected chi connectivity index (χ1v) is 22.3. The molecule has 64 heavy (non-hydrogen) atoms. The molecule has 1 aliphatic carbocycles. The van der Waals surface area contributed by atoms with Gasteiger partial charge in [-0.1, -0.05) is 141 Å². The van der Waals surface area contributed by atoms with Gasteiger partial charge in [0.15, 0.2) is 0 Å². The van der Waals surface area contributed by atoms with Crippen molar-refractivity contribution in [2.24, 2.45) is 0 Å². The Balaban J connectivity index is 1.02. The van der Waals surface area contributed by atoms with Crippen molar-refractivity contribution in [3.05, 3.63) is 236 Å². The van der Waals surface area contributed by atoms with E-state index in [1.54, 1.807) is 0 Å². The number of nitrogens with zero attached hydrogens (tertiary/aromatic N) is 3. The van der Waals surface area contributed by atoms with Gasteiger partial charge >= 0.3 is 0 Å². The molecule has 0 radical (unpaired) electrons. The van der Waals surface area contributed by atoms with Crippen molar-refractivity contribution < 1.29 is 0 Å². The molecule has 3 heteroatoms. The summed E-state index contributed by atoms with van der Waals surface area (Å²) in [4.78, 5) is 2.43. The highest BCUT2D eigenvalue weighted by Crippen LogP contribution is 2.51. The standard InChI is InChI=1S/C61H43N3/c1-61(2)54-25-15-14-24-49(54)50-31-29-47(39-55(50)61)62(43-17-6-3-7-18-43)46-30-35-57-52(38-46)51-36-41(27-32-56(51)63(57)44-19-8-4-9-20-44)42-28-33-58-53(37-42)60-48-23-13-12-16-40(48)26-34-59(60)64(58)45-21-10-5-11-22-45/h3-39H,1-2H3. The summed E-state index contributed by atoms with van der Waals surface area (Å²) in [6.45, 7) is 4.72. The lowest BCUT2D eigenvalue weighted by Gasteiger charge is -2.28. The van der Waals surface area contributed by atoms with Gasteiger partial charge in [-0.3, -0.25) is 0 Å². The Morgan fingerprint density at radius 2 is 0.859 bits per heavy atom. The molecule has 0 amide bonds. The van der Waals surface area contributed by atoms with Gasteiger partial charge in [-0.25, -0.2) is 0 Å². The number of fused-ring (bicyclic) bond motifs is 11. The zero-order valence-corrected chi connectivity index (χ0v) is 35.7. The van der Waals surface area contributed by atoms with E-state index in [4.69, 9.17) is 0 Å². The average Bonchev–Trinajstić information content (AvgIpc) is 3.94. The molecule has 0 aliphatic heterocycles. The van der Waals surface area contributed by atoms with Gasteiger partial charge in [-0.15, -0.1) is 0 Å². The van der Waals surface area contributed by atoms with Gasteiger partial charge in [0, 0.05) is 55.4 Å². The Morgan fingerprint density at radius 3 is 1.59 bits per heavy atom. The van der Waals surface area contributed by atoms with E-state index < -0.39 is 0 Å². The first-order chi connectivity index (χ1) is 31.5. The van der Waals surface area contributed by atoms with Crippen LogP contribution in [0.25, 0.3) is 88.0 Å². The number of hydrogen-bond donors (Lipinski definition) is 0. The van der Waals surface area contributed by atoms with Crippen LogP contribution in [0, 0.1) is 0 Å². The highest BCUT2D eigenvalue weighted by atomic mass is 15.1. The van der Waals surface area contributed by atoms with Crippen molar-refractivity contribution in [1.29, 1.82) is 0 Å². The lowest BCUT2D eigenvalue weighted by atomic mass is 9.82. The molecule has 3 nitrogen and oxygen atoms in total. The van der Waals surface area contributed by atoms with Crippen LogP contribution in [0.3, 0.4) is 0 Å². The topological polar surface area (TPSA) is 13.1 Å². The van der Waals surface area contributed by atoms with E-state index in [0.717, 1.165) is 28.4 Å². The van der Waals surface area contributed by atoms with Gasteiger partial charge in [0.05, 0.1) is 22.1 Å². The van der Waals surface area contributed by atoms with E-state index in [1.165, 1.54) is 87.8 Å². The summed E-state index contributed by atoms with van der Waals surface area (Å²) in [6.07, 6.45) is 0. The van der Waals surface area contributed by atoms with Gasteiger partial charge in [0.1, 0.15) is 0 Å². The minimum absolute atomic E-state index is 0.111. The molecule has 0 atom stereocenters. The molecular formula is C61H43N3. The van der Waals surface area contributed by atoms with Gasteiger partial charge in [0.25, 0.3) is 0 Å². The second kappa shape index (κ2) is 13.9. The third-order valence-electron chi connectivity index (χ3n) is 13.9. The molecule has 1 aliphatic rings. The lowest BCUT2D eigenvalue weighted by molar-refractivity contribution is 0.660. The molecule has 0 bridgehead atoms. The predicted molar refractivity (Wildman–Crippen MR) is 270 cm³/mol. The summed E-state index contributed by atoms with van der Waals surface area (Å²) < 4.78 is 4.83. The molecule has 0 unspecified atom stereocenters. The second-order valence-electron chi connectivity index (χ2n) is 17.8. The minimum atomic E-state index is -0.111. The van der Waals surface area contributed by atoms with Crippen molar-refractivity contribution >= 4 is 71.4 Å². The van der Waals surface area contributed by atoms with Crippen LogP contribution in [0.1, 0.15) is 25.0 Å². The van der Waals surface area contributed by atoms with Gasteiger partial charge in [0.2, 0.25) is 0 Å². The molecule has 13 rings (SSSR count). The Morgan fingerprint density at radius 1 is 0.344 bits per heavy atom. The van der Waals surface area contributed by atoms with Crippen LogP contribution < -0.4 is 4.90 Å². The maximum Gasteiger partial charge on any atom is 0.0547 e. The van der Waals surface area contributed by atoms with E-state index >= 15 is 0 Å². The summed E-state index contributed by atoms with van der Waals surface area (Å²) in [5.74, 6) is 0. The van der Waals surface area contributed by atoms with Gasteiger partial charge < -0.3 is 14.0 Å². The Hall–Kier alpha value is -8.14. The van der Waals surface area contributed by atoms with Gasteiger partial charge in [-0.2, -0.15) is 0 Å². The SMILES string of the molecule is CC1(C)c2ccccc2-c2ccc(N(c3ccccc3)c3ccc4c(c3)c3cc(-c5ccc6c(c5)c5c7ccccc7ccc5n6-c5ccccc5)ccc3n4-c3ccccc3)cc21. The lowest BCUT2D eigenvalue weighted by Crippen LogP contribution is -2.16. The quantitative estimate of drug-likeness (QED) is 0.163. The van der Waals surface area contributed by atoms with Crippen molar-refractivity contribution in [2.75, 3.05) is 4.90 Å². The average molecular weight is 818 g/mol. The molecule has 0 saturated heterocycles. The van der Waals surface area contributed by atoms with Crippen LogP contribution in [0.2, 0.25) is 0 Å². The molecule has 0 spiro atoms. The van der Waals surface area contributed by atoms with E-state index in [9.17, 15) is 0 Å². The third kappa shape index (κ3) is 5.41. The summed E-state index contributed by atoms with van der Waals surface area (Å²) in [5, 5.41) is 7.48. The number of anilines is 3. The largest absolute Gasteiger partial charge is 0.310 e. The van der Waals surface area contributed by atoms with Crippen molar-refractivity contribution in [1.82, 2.24) is 9.13 Å². The number of rotatable bonds is 6. The van der Waals surface area contributed by atoms with Crippen molar-refractivity contribution in [2.45, 2.75) is 19.3 Å². The molecule has 0 saturated carbocycles. The Kier molecular flexibility index (Phi) is 7.95. The van der Waals surface area contributed by atoms with Crippen LogP contribution in [0.15, 0.2) is 224 Å². The van der Waals surface area contributed by atoms with Crippen LogP contribution >= 0.6 is 0 Å². The van der Waals surface area contributed by atoms with Gasteiger partial charge in [-0.05, 0) is 141 Å². The van der Waals surface area contributed by atoms with E-state index in [1.807, 2.05) is 0 Å². The third-order valence-corrected chi connectivity index (χ3v) is 13.9. The number of hydrogen-bond acceptors (Lipinski definition) is 1. The van der Waals surface area contributed by atoms with Crippen molar-refractivity contribution in [3.63, 3.8) is 0 Å². The van der Waals surface area contributed by atoms with Crippen LogP contribution in [0.5, 0.6) is 0 Å². The molecular weight excluding hydrogens is 775 g/mol. The molecule has 12 aromatic rings. The molecule has 0 fully saturated rings. The molecule has 10 aromatic carbocycles. The maximum absolute atomic E-state index is 2.43. The number of benzene rings is 10. The number of aromatic nitrogens is 2. The fourth-order valence-corrected chi connectivity index (χ4v) is 10.9. The molecule has 2 aromatic heterocycles.